The molecule has 0 atom stereocenters. The Labute approximate surface area is 116 Å². The van der Waals surface area contributed by atoms with Gasteiger partial charge in [-0.2, -0.15) is 5.10 Å². The highest BCUT2D eigenvalue weighted by Crippen LogP contribution is 2.04. The summed E-state index contributed by atoms with van der Waals surface area (Å²) in [7, 11) is 0. The average molecular weight is 277 g/mol. The summed E-state index contributed by atoms with van der Waals surface area (Å²) in [5.41, 5.74) is 8.36. The fourth-order valence-corrected chi connectivity index (χ4v) is 1.85. The summed E-state index contributed by atoms with van der Waals surface area (Å²) in [6.45, 7) is 3.10. The molecule has 0 radical (unpaired) electrons. The maximum atomic E-state index is 11.7. The van der Waals surface area contributed by atoms with E-state index in [9.17, 15) is 4.79 Å². The third kappa shape index (κ3) is 3.89. The number of nitrogens with zero attached hydrogens (tertiary/aromatic N) is 4. The zero-order chi connectivity index (χ0) is 14.4. The van der Waals surface area contributed by atoms with Crippen LogP contribution in [0.25, 0.3) is 0 Å². The van der Waals surface area contributed by atoms with Gasteiger partial charge in [-0.15, -0.1) is 5.10 Å². The van der Waals surface area contributed by atoms with E-state index in [-0.39, 0.29) is 12.5 Å². The van der Waals surface area contributed by atoms with Crippen molar-refractivity contribution in [2.24, 2.45) is 5.73 Å². The molecular weight excluding hydrogens is 258 g/mol. The van der Waals surface area contributed by atoms with Crippen molar-refractivity contribution in [3.8, 4) is 0 Å². The van der Waals surface area contributed by atoms with E-state index < -0.39 is 0 Å². The summed E-state index contributed by atoms with van der Waals surface area (Å²) in [6, 6.07) is 0. The first-order valence-electron chi connectivity index (χ1n) is 6.53. The molecule has 0 saturated carbocycles. The van der Waals surface area contributed by atoms with Crippen LogP contribution in [-0.2, 0) is 24.3 Å². The van der Waals surface area contributed by atoms with Crippen molar-refractivity contribution in [2.45, 2.75) is 32.9 Å². The molecule has 0 spiro atoms. The van der Waals surface area contributed by atoms with Gasteiger partial charge in [-0.25, -0.2) is 4.68 Å². The Morgan fingerprint density at radius 3 is 3.05 bits per heavy atom. The highest BCUT2D eigenvalue weighted by atomic mass is 16.2. The molecule has 20 heavy (non-hydrogen) atoms. The first-order chi connectivity index (χ1) is 9.69. The molecule has 2 heterocycles. The van der Waals surface area contributed by atoms with E-state index in [4.69, 9.17) is 5.73 Å². The average Bonchev–Trinajstić information content (AvgIpc) is 3.04. The maximum absolute atomic E-state index is 11.7. The molecule has 0 aliphatic rings. The number of rotatable bonds is 7. The standard InChI is InChI=1S/C12H19N7O/c1-9-10(6-15-16-9)3-2-4-14-12(20)8-19-7-11(5-13)17-18-19/h6-7H,2-5,8,13H2,1H3,(H,14,20)(H,15,16). The highest BCUT2D eigenvalue weighted by Gasteiger charge is 2.05. The van der Waals surface area contributed by atoms with E-state index >= 15 is 0 Å². The summed E-state index contributed by atoms with van der Waals surface area (Å²) in [5.74, 6) is -0.0811. The second-order valence-corrected chi connectivity index (χ2v) is 4.59. The highest BCUT2D eigenvalue weighted by molar-refractivity contribution is 5.75. The molecule has 2 rings (SSSR count). The van der Waals surface area contributed by atoms with Gasteiger partial charge in [-0.3, -0.25) is 9.89 Å². The molecule has 108 valence electrons. The Bertz CT molecular complexity index is 560. The van der Waals surface area contributed by atoms with E-state index in [0.717, 1.165) is 18.5 Å². The summed E-state index contributed by atoms with van der Waals surface area (Å²) < 4.78 is 1.48. The van der Waals surface area contributed by atoms with Crippen molar-refractivity contribution in [2.75, 3.05) is 6.54 Å². The predicted molar refractivity (Wildman–Crippen MR) is 72.6 cm³/mol. The molecule has 4 N–H and O–H groups in total. The van der Waals surface area contributed by atoms with Crippen LogP contribution >= 0.6 is 0 Å². The molecule has 8 nitrogen and oxygen atoms in total. The van der Waals surface area contributed by atoms with Crippen LogP contribution in [0.15, 0.2) is 12.4 Å². The lowest BCUT2D eigenvalue weighted by molar-refractivity contribution is -0.121. The van der Waals surface area contributed by atoms with Gasteiger partial charge in [0.05, 0.1) is 18.1 Å². The van der Waals surface area contributed by atoms with Gasteiger partial charge in [0, 0.05) is 18.8 Å². The lowest BCUT2D eigenvalue weighted by Gasteiger charge is -2.04. The SMILES string of the molecule is Cc1[nH]ncc1CCCNC(=O)Cn1cc(CN)nn1. The minimum absolute atomic E-state index is 0.0811. The summed E-state index contributed by atoms with van der Waals surface area (Å²) >= 11 is 0. The lowest BCUT2D eigenvalue weighted by atomic mass is 10.1. The molecule has 0 aromatic carbocycles. The Morgan fingerprint density at radius 1 is 1.55 bits per heavy atom. The van der Waals surface area contributed by atoms with Gasteiger partial charge in [0.25, 0.3) is 0 Å². The number of hydrogen-bond acceptors (Lipinski definition) is 5. The van der Waals surface area contributed by atoms with Gasteiger partial charge < -0.3 is 11.1 Å². The van der Waals surface area contributed by atoms with Crippen LogP contribution in [0.2, 0.25) is 0 Å². The summed E-state index contributed by atoms with van der Waals surface area (Å²) in [5, 5.41) is 17.4. The third-order valence-electron chi connectivity index (χ3n) is 2.98. The number of carbonyl (C=O) groups is 1. The first kappa shape index (κ1) is 14.2. The normalized spacial score (nSPS) is 10.7. The molecule has 0 fully saturated rings. The molecule has 0 unspecified atom stereocenters. The Hall–Kier alpha value is -2.22. The van der Waals surface area contributed by atoms with E-state index in [1.165, 1.54) is 10.2 Å². The smallest absolute Gasteiger partial charge is 0.241 e. The zero-order valence-electron chi connectivity index (χ0n) is 11.5. The van der Waals surface area contributed by atoms with Crippen LogP contribution < -0.4 is 11.1 Å². The topological polar surface area (TPSA) is 115 Å². The predicted octanol–water partition coefficient (Wildman–Crippen LogP) is -0.483. The number of aromatic nitrogens is 5. The quantitative estimate of drug-likeness (QED) is 0.591. The molecule has 2 aromatic heterocycles. The first-order valence-corrected chi connectivity index (χ1v) is 6.53. The second-order valence-electron chi connectivity index (χ2n) is 4.59. The van der Waals surface area contributed by atoms with Gasteiger partial charge >= 0.3 is 0 Å². The largest absolute Gasteiger partial charge is 0.354 e. The van der Waals surface area contributed by atoms with Gasteiger partial charge in [0.2, 0.25) is 5.91 Å². The van der Waals surface area contributed by atoms with Crippen LogP contribution in [0.4, 0.5) is 0 Å². The molecule has 0 saturated heterocycles. The molecule has 2 aromatic rings. The number of amides is 1. The van der Waals surface area contributed by atoms with Crippen molar-refractivity contribution in [3.05, 3.63) is 29.3 Å². The minimum Gasteiger partial charge on any atom is -0.354 e. The molecule has 0 bridgehead atoms. The molecular formula is C12H19N7O. The fraction of sp³-hybridized carbons (Fsp3) is 0.500. The van der Waals surface area contributed by atoms with E-state index in [1.54, 1.807) is 6.20 Å². The maximum Gasteiger partial charge on any atom is 0.241 e. The zero-order valence-corrected chi connectivity index (χ0v) is 11.5. The fourth-order valence-electron chi connectivity index (χ4n) is 1.85. The van der Waals surface area contributed by atoms with Crippen molar-refractivity contribution in [1.29, 1.82) is 0 Å². The number of aryl methyl sites for hydroxylation is 2. The van der Waals surface area contributed by atoms with Crippen molar-refractivity contribution < 1.29 is 4.79 Å². The van der Waals surface area contributed by atoms with Gasteiger partial charge in [0.15, 0.2) is 0 Å². The third-order valence-corrected chi connectivity index (χ3v) is 2.98. The Kier molecular flexibility index (Phi) is 4.83. The summed E-state index contributed by atoms with van der Waals surface area (Å²) in [6.07, 6.45) is 5.26. The number of H-pyrrole nitrogens is 1. The molecule has 0 aliphatic heterocycles. The van der Waals surface area contributed by atoms with Gasteiger partial charge in [0.1, 0.15) is 6.54 Å². The monoisotopic (exact) mass is 277 g/mol. The van der Waals surface area contributed by atoms with Crippen molar-refractivity contribution >= 4 is 5.91 Å². The second kappa shape index (κ2) is 6.80. The van der Waals surface area contributed by atoms with Crippen LogP contribution in [0.3, 0.4) is 0 Å². The van der Waals surface area contributed by atoms with E-state index in [1.807, 2.05) is 13.1 Å². The number of nitrogens with one attached hydrogen (secondary N) is 2. The summed E-state index contributed by atoms with van der Waals surface area (Å²) in [4.78, 5) is 11.7. The number of aromatic amines is 1. The van der Waals surface area contributed by atoms with E-state index in [0.29, 0.717) is 18.8 Å². The van der Waals surface area contributed by atoms with Gasteiger partial charge in [-0.05, 0) is 25.3 Å². The van der Waals surface area contributed by atoms with Crippen LogP contribution in [0.1, 0.15) is 23.4 Å². The number of hydrogen-bond donors (Lipinski definition) is 3. The van der Waals surface area contributed by atoms with Crippen LogP contribution in [0.5, 0.6) is 0 Å². The molecule has 0 aliphatic carbocycles. The number of carbonyl (C=O) groups excluding carboxylic acids is 1. The Balaban J connectivity index is 1.66. The molecule has 1 amide bonds. The lowest BCUT2D eigenvalue weighted by Crippen LogP contribution is -2.28. The van der Waals surface area contributed by atoms with E-state index in [2.05, 4.69) is 25.8 Å². The van der Waals surface area contributed by atoms with Crippen LogP contribution in [0, 0.1) is 6.92 Å². The van der Waals surface area contributed by atoms with Crippen molar-refractivity contribution in [1.82, 2.24) is 30.5 Å². The molecule has 8 heteroatoms. The van der Waals surface area contributed by atoms with Gasteiger partial charge in [-0.1, -0.05) is 5.21 Å². The van der Waals surface area contributed by atoms with Crippen molar-refractivity contribution in [3.63, 3.8) is 0 Å². The van der Waals surface area contributed by atoms with Crippen LogP contribution in [-0.4, -0.2) is 37.6 Å². The number of nitrogens with two attached hydrogens (primary N) is 1. The minimum atomic E-state index is -0.0811. The Morgan fingerprint density at radius 2 is 2.40 bits per heavy atom.